The van der Waals surface area contributed by atoms with Crippen molar-refractivity contribution in [1.82, 2.24) is 0 Å². The van der Waals surface area contributed by atoms with Gasteiger partial charge in [-0.3, -0.25) is 9.59 Å². The highest BCUT2D eigenvalue weighted by atomic mass is 32.2. The van der Waals surface area contributed by atoms with Crippen LogP contribution < -0.4 is 15.4 Å². The third-order valence-corrected chi connectivity index (χ3v) is 4.79. The second-order valence-electron chi connectivity index (χ2n) is 5.30. The van der Waals surface area contributed by atoms with Crippen LogP contribution in [-0.2, 0) is 4.79 Å². The molecule has 0 saturated heterocycles. The molecule has 0 saturated carbocycles. The Morgan fingerprint density at radius 3 is 2.79 bits per heavy atom. The van der Waals surface area contributed by atoms with E-state index in [4.69, 9.17) is 4.74 Å². The molecule has 1 atom stereocenters. The highest BCUT2D eigenvalue weighted by Gasteiger charge is 2.23. The molecule has 1 aliphatic rings. The molecule has 24 heavy (non-hydrogen) atoms. The number of phenols is 1. The lowest BCUT2D eigenvalue weighted by molar-refractivity contribution is -0.115. The summed E-state index contributed by atoms with van der Waals surface area (Å²) in [5, 5.41) is 15.1. The Hall–Kier alpha value is -2.67. The average molecular weight is 344 g/mol. The third kappa shape index (κ3) is 3.16. The molecule has 7 heteroatoms. The number of anilines is 2. The minimum Gasteiger partial charge on any atom is -0.504 e. The number of rotatable bonds is 3. The van der Waals surface area contributed by atoms with Crippen molar-refractivity contribution in [2.24, 2.45) is 0 Å². The monoisotopic (exact) mass is 344 g/mol. The Labute approximate surface area is 143 Å². The van der Waals surface area contributed by atoms with Crippen LogP contribution in [0.3, 0.4) is 0 Å². The fraction of sp³-hybridized carbons (Fsp3) is 0.176. The van der Waals surface area contributed by atoms with Crippen molar-refractivity contribution in [3.8, 4) is 11.5 Å². The lowest BCUT2D eigenvalue weighted by atomic mass is 10.1. The van der Waals surface area contributed by atoms with Crippen molar-refractivity contribution in [1.29, 1.82) is 0 Å². The molecule has 2 aromatic rings. The summed E-state index contributed by atoms with van der Waals surface area (Å²) in [6.45, 7) is 1.83. The van der Waals surface area contributed by atoms with Crippen molar-refractivity contribution < 1.29 is 19.4 Å². The molecular formula is C17H16N2O4S. The van der Waals surface area contributed by atoms with E-state index in [1.165, 1.54) is 24.9 Å². The number of ether oxygens (including phenoxy) is 1. The predicted octanol–water partition coefficient (Wildman–Crippen LogP) is 3.09. The zero-order valence-electron chi connectivity index (χ0n) is 13.1. The fourth-order valence-electron chi connectivity index (χ4n) is 2.32. The van der Waals surface area contributed by atoms with Crippen molar-refractivity contribution in [3.63, 3.8) is 0 Å². The van der Waals surface area contributed by atoms with E-state index in [0.717, 1.165) is 4.90 Å². The molecule has 2 aromatic carbocycles. The first-order chi connectivity index (χ1) is 11.5. The average Bonchev–Trinajstić information content (AvgIpc) is 2.55. The molecule has 0 spiro atoms. The van der Waals surface area contributed by atoms with Crippen LogP contribution in [0.15, 0.2) is 41.3 Å². The highest BCUT2D eigenvalue weighted by Crippen LogP contribution is 2.36. The number of nitrogens with one attached hydrogen (secondary N) is 2. The summed E-state index contributed by atoms with van der Waals surface area (Å²) >= 11 is 1.46. The first kappa shape index (κ1) is 16.2. The van der Waals surface area contributed by atoms with Crippen molar-refractivity contribution in [2.45, 2.75) is 17.1 Å². The first-order valence-corrected chi connectivity index (χ1v) is 8.16. The summed E-state index contributed by atoms with van der Waals surface area (Å²) in [5.74, 6) is -0.139. The van der Waals surface area contributed by atoms with E-state index in [0.29, 0.717) is 22.7 Å². The lowest BCUT2D eigenvalue weighted by Crippen LogP contribution is -2.26. The molecule has 1 heterocycles. The summed E-state index contributed by atoms with van der Waals surface area (Å²) in [5.41, 5.74) is 1.50. The number of carbonyl (C=O) groups is 2. The number of fused-ring (bicyclic) bond motifs is 1. The minimum absolute atomic E-state index is 0.0570. The molecule has 0 bridgehead atoms. The van der Waals surface area contributed by atoms with Crippen LogP contribution in [0.1, 0.15) is 17.3 Å². The second-order valence-corrected chi connectivity index (χ2v) is 6.68. The number of hydrogen-bond donors (Lipinski definition) is 3. The maximum absolute atomic E-state index is 12.4. The van der Waals surface area contributed by atoms with Gasteiger partial charge in [0.1, 0.15) is 0 Å². The number of phenolic OH excluding ortho intramolecular Hbond substituents is 1. The van der Waals surface area contributed by atoms with Gasteiger partial charge in [0.15, 0.2) is 11.5 Å². The van der Waals surface area contributed by atoms with Gasteiger partial charge in [0, 0.05) is 22.2 Å². The zero-order valence-corrected chi connectivity index (χ0v) is 13.9. The van der Waals surface area contributed by atoms with E-state index < -0.39 is 0 Å². The first-order valence-electron chi connectivity index (χ1n) is 7.28. The minimum atomic E-state index is -0.333. The van der Waals surface area contributed by atoms with Gasteiger partial charge in [0.05, 0.1) is 18.0 Å². The van der Waals surface area contributed by atoms with E-state index >= 15 is 0 Å². The second kappa shape index (κ2) is 6.45. The molecule has 0 fully saturated rings. The quantitative estimate of drug-likeness (QED) is 0.796. The SMILES string of the molecule is COc1ccc(NC(=O)c2ccc3c(c2)NC(=O)[C@@H](C)S3)cc1O. The van der Waals surface area contributed by atoms with Gasteiger partial charge in [0.2, 0.25) is 5.91 Å². The summed E-state index contributed by atoms with van der Waals surface area (Å²) in [7, 11) is 1.45. The Balaban J connectivity index is 1.80. The van der Waals surface area contributed by atoms with Crippen LogP contribution >= 0.6 is 11.8 Å². The molecule has 1 aliphatic heterocycles. The van der Waals surface area contributed by atoms with Crippen LogP contribution in [0, 0.1) is 0 Å². The van der Waals surface area contributed by atoms with E-state index in [9.17, 15) is 14.7 Å². The number of amides is 2. The number of benzene rings is 2. The smallest absolute Gasteiger partial charge is 0.255 e. The molecule has 0 radical (unpaired) electrons. The van der Waals surface area contributed by atoms with Gasteiger partial charge in [-0.1, -0.05) is 0 Å². The molecule has 6 nitrogen and oxygen atoms in total. The topological polar surface area (TPSA) is 87.7 Å². The maximum Gasteiger partial charge on any atom is 0.255 e. The molecule has 3 N–H and O–H groups in total. The number of aromatic hydroxyl groups is 1. The predicted molar refractivity (Wildman–Crippen MR) is 93.0 cm³/mol. The molecule has 0 aromatic heterocycles. The van der Waals surface area contributed by atoms with Crippen LogP contribution in [-0.4, -0.2) is 29.3 Å². The summed E-state index contributed by atoms with van der Waals surface area (Å²) in [4.78, 5) is 25.1. The van der Waals surface area contributed by atoms with Gasteiger partial charge in [0.25, 0.3) is 5.91 Å². The summed E-state index contributed by atoms with van der Waals surface area (Å²) in [6.07, 6.45) is 0. The number of carbonyl (C=O) groups excluding carboxylic acids is 2. The Morgan fingerprint density at radius 1 is 1.29 bits per heavy atom. The highest BCUT2D eigenvalue weighted by molar-refractivity contribution is 8.00. The number of methoxy groups -OCH3 is 1. The molecule has 0 unspecified atom stereocenters. The van der Waals surface area contributed by atoms with Crippen LogP contribution in [0.2, 0.25) is 0 Å². The standard InChI is InChI=1S/C17H16N2O4S/c1-9-16(21)19-12-7-10(3-6-15(12)24-9)17(22)18-11-4-5-14(23-2)13(20)8-11/h3-9,20H,1-2H3,(H,18,22)(H,19,21)/t9-/m1/s1. The van der Waals surface area contributed by atoms with Gasteiger partial charge in [-0.2, -0.15) is 0 Å². The van der Waals surface area contributed by atoms with Gasteiger partial charge in [-0.25, -0.2) is 0 Å². The van der Waals surface area contributed by atoms with Crippen molar-refractivity contribution >= 4 is 35.0 Å². The van der Waals surface area contributed by atoms with Crippen LogP contribution in [0.5, 0.6) is 11.5 Å². The maximum atomic E-state index is 12.4. The molecule has 124 valence electrons. The van der Waals surface area contributed by atoms with Gasteiger partial charge < -0.3 is 20.5 Å². The van der Waals surface area contributed by atoms with E-state index in [-0.39, 0.29) is 22.8 Å². The Kier molecular flexibility index (Phi) is 4.35. The van der Waals surface area contributed by atoms with Gasteiger partial charge in [-0.15, -0.1) is 11.8 Å². The fourth-order valence-corrected chi connectivity index (χ4v) is 3.25. The number of thioether (sulfide) groups is 1. The molecule has 0 aliphatic carbocycles. The molecular weight excluding hydrogens is 328 g/mol. The normalized spacial score (nSPS) is 16.1. The van der Waals surface area contributed by atoms with Crippen LogP contribution in [0.4, 0.5) is 11.4 Å². The van der Waals surface area contributed by atoms with E-state index in [2.05, 4.69) is 10.6 Å². The summed E-state index contributed by atoms with van der Waals surface area (Å²) in [6, 6.07) is 9.77. The van der Waals surface area contributed by atoms with E-state index in [1.807, 2.05) is 13.0 Å². The van der Waals surface area contributed by atoms with Gasteiger partial charge in [-0.05, 0) is 37.3 Å². The van der Waals surface area contributed by atoms with E-state index in [1.54, 1.807) is 24.3 Å². The Morgan fingerprint density at radius 2 is 2.08 bits per heavy atom. The van der Waals surface area contributed by atoms with Crippen LogP contribution in [0.25, 0.3) is 0 Å². The Bertz CT molecular complexity index is 822. The van der Waals surface area contributed by atoms with Crippen molar-refractivity contribution in [3.05, 3.63) is 42.0 Å². The molecule has 3 rings (SSSR count). The zero-order chi connectivity index (χ0) is 17.3. The molecule has 2 amide bonds. The van der Waals surface area contributed by atoms with Gasteiger partial charge >= 0.3 is 0 Å². The largest absolute Gasteiger partial charge is 0.504 e. The lowest BCUT2D eigenvalue weighted by Gasteiger charge is -2.21. The number of hydrogen-bond acceptors (Lipinski definition) is 5. The van der Waals surface area contributed by atoms with Crippen molar-refractivity contribution in [2.75, 3.05) is 17.7 Å². The summed E-state index contributed by atoms with van der Waals surface area (Å²) < 4.78 is 4.97. The third-order valence-electron chi connectivity index (χ3n) is 3.61.